The van der Waals surface area contributed by atoms with E-state index in [0.29, 0.717) is 25.4 Å². The van der Waals surface area contributed by atoms with E-state index in [2.05, 4.69) is 103 Å². The second-order valence-electron chi connectivity index (χ2n) is 11.7. The van der Waals surface area contributed by atoms with Gasteiger partial charge >= 0.3 is 0 Å². The van der Waals surface area contributed by atoms with Gasteiger partial charge in [-0.25, -0.2) is 8.42 Å². The number of piperazine rings is 1. The van der Waals surface area contributed by atoms with E-state index in [4.69, 9.17) is 4.74 Å². The van der Waals surface area contributed by atoms with Crippen molar-refractivity contribution in [2.24, 2.45) is 0 Å². The molecule has 1 aliphatic heterocycles. The van der Waals surface area contributed by atoms with Gasteiger partial charge in [0.15, 0.2) is 0 Å². The first-order valence-electron chi connectivity index (χ1n) is 16.1. The Morgan fingerprint density at radius 1 is 0.682 bits per heavy atom. The highest BCUT2D eigenvalue weighted by Gasteiger charge is 2.47. The summed E-state index contributed by atoms with van der Waals surface area (Å²) in [4.78, 5) is 2.77. The van der Waals surface area contributed by atoms with Gasteiger partial charge in [-0.2, -0.15) is 4.31 Å². The fourth-order valence-corrected chi connectivity index (χ4v) is 8.69. The minimum absolute atomic E-state index is 0.180. The molecule has 1 atom stereocenters. The number of nitrogens with zero attached hydrogens (tertiary/aromatic N) is 2. The van der Waals surface area contributed by atoms with Crippen molar-refractivity contribution in [3.8, 4) is 5.75 Å². The second-order valence-corrected chi connectivity index (χ2v) is 13.6. The lowest BCUT2D eigenvalue weighted by molar-refractivity contribution is 0.0663. The van der Waals surface area contributed by atoms with E-state index in [1.807, 2.05) is 6.07 Å². The van der Waals surface area contributed by atoms with Crippen molar-refractivity contribution in [2.75, 3.05) is 26.7 Å². The van der Waals surface area contributed by atoms with Crippen LogP contribution >= 0.6 is 0 Å². The largest absolute Gasteiger partial charge is 0.495 e. The van der Waals surface area contributed by atoms with Gasteiger partial charge in [0.25, 0.3) is 0 Å². The molecule has 0 bridgehead atoms. The van der Waals surface area contributed by atoms with Crippen molar-refractivity contribution < 1.29 is 13.2 Å². The van der Waals surface area contributed by atoms with Crippen molar-refractivity contribution in [1.82, 2.24) is 9.21 Å². The highest BCUT2D eigenvalue weighted by Crippen LogP contribution is 2.44. The average molecular weight is 611 g/mol. The van der Waals surface area contributed by atoms with E-state index in [1.165, 1.54) is 49.5 Å². The summed E-state index contributed by atoms with van der Waals surface area (Å²) in [7, 11) is -2.25. The predicted molar refractivity (Wildman–Crippen MR) is 179 cm³/mol. The molecule has 44 heavy (non-hydrogen) atoms. The minimum atomic E-state index is -3.79. The molecule has 0 radical (unpaired) electrons. The highest BCUT2D eigenvalue weighted by molar-refractivity contribution is 7.89. The summed E-state index contributed by atoms with van der Waals surface area (Å²) in [6.07, 6.45) is 7.80. The number of hydrogen-bond donors (Lipinski definition) is 0. The molecule has 0 saturated carbocycles. The van der Waals surface area contributed by atoms with Crippen molar-refractivity contribution in [3.63, 3.8) is 0 Å². The second kappa shape index (κ2) is 15.0. The van der Waals surface area contributed by atoms with Crippen molar-refractivity contribution in [3.05, 3.63) is 132 Å². The van der Waals surface area contributed by atoms with Crippen molar-refractivity contribution in [2.45, 2.75) is 68.3 Å². The zero-order chi connectivity index (χ0) is 30.8. The molecule has 1 fully saturated rings. The van der Waals surface area contributed by atoms with Crippen molar-refractivity contribution >= 4 is 10.0 Å². The quantitative estimate of drug-likeness (QED) is 0.107. The Morgan fingerprint density at radius 2 is 1.18 bits per heavy atom. The van der Waals surface area contributed by atoms with Crippen LogP contribution in [0.15, 0.2) is 120 Å². The molecule has 1 saturated heterocycles. The third-order valence-corrected chi connectivity index (χ3v) is 11.0. The lowest BCUT2D eigenvalue weighted by Gasteiger charge is -2.51. The molecule has 1 aliphatic rings. The first-order chi connectivity index (χ1) is 21.5. The Morgan fingerprint density at radius 3 is 1.73 bits per heavy atom. The average Bonchev–Trinajstić information content (AvgIpc) is 3.08. The molecule has 0 N–H and O–H groups in total. The minimum Gasteiger partial charge on any atom is -0.495 e. The Bertz CT molecular complexity index is 1450. The van der Waals surface area contributed by atoms with Crippen LogP contribution in [0.1, 0.15) is 68.6 Å². The van der Waals surface area contributed by atoms with E-state index in [9.17, 15) is 8.42 Å². The number of ether oxygens (including phenoxy) is 1. The topological polar surface area (TPSA) is 49.9 Å². The first-order valence-corrected chi connectivity index (χ1v) is 17.5. The van der Waals surface area contributed by atoms with Crippen LogP contribution in [0.2, 0.25) is 0 Å². The monoisotopic (exact) mass is 610 g/mol. The van der Waals surface area contributed by atoms with Crippen LogP contribution in [-0.2, 0) is 15.6 Å². The Labute approximate surface area is 264 Å². The number of hydrogen-bond acceptors (Lipinski definition) is 4. The van der Waals surface area contributed by atoms with Crippen LogP contribution in [-0.4, -0.2) is 50.4 Å². The van der Waals surface area contributed by atoms with E-state index in [0.717, 1.165) is 19.3 Å². The van der Waals surface area contributed by atoms with Gasteiger partial charge in [-0.1, -0.05) is 149 Å². The van der Waals surface area contributed by atoms with Crippen LogP contribution in [0.25, 0.3) is 0 Å². The van der Waals surface area contributed by atoms with Gasteiger partial charge in [-0.05, 0) is 35.2 Å². The fraction of sp³-hybridized carbons (Fsp3) is 0.368. The van der Waals surface area contributed by atoms with Crippen LogP contribution in [0, 0.1) is 0 Å². The van der Waals surface area contributed by atoms with Crippen LogP contribution < -0.4 is 4.74 Å². The number of sulfonamides is 1. The molecule has 0 aromatic heterocycles. The van der Waals surface area contributed by atoms with Crippen LogP contribution in [0.3, 0.4) is 0 Å². The molecule has 1 heterocycles. The molecule has 5 nitrogen and oxygen atoms in total. The standard InChI is InChI=1S/C38H46N2O3S/c1-3-4-5-6-7-17-26-35-31-39(29-30-40(35)44(41,42)37-28-19-18-27-36(37)43-2)38(32-20-11-8-12-21-32,33-22-13-9-14-23-33)34-24-15-10-16-25-34/h8-16,18-25,27-28,35H,3-7,17,26,29-31H2,1-2H3. The van der Waals surface area contributed by atoms with Crippen LogP contribution in [0.4, 0.5) is 0 Å². The lowest BCUT2D eigenvalue weighted by Crippen LogP contribution is -2.61. The van der Waals surface area contributed by atoms with Crippen molar-refractivity contribution in [1.29, 1.82) is 0 Å². The molecule has 232 valence electrons. The van der Waals surface area contributed by atoms with E-state index in [-0.39, 0.29) is 10.9 Å². The molecule has 0 amide bonds. The lowest BCUT2D eigenvalue weighted by atomic mass is 9.75. The normalized spacial score (nSPS) is 16.5. The third-order valence-electron chi connectivity index (χ3n) is 9.02. The summed E-state index contributed by atoms with van der Waals surface area (Å²) in [6, 6.07) is 38.9. The molecule has 0 spiro atoms. The summed E-state index contributed by atoms with van der Waals surface area (Å²) in [5.41, 5.74) is 2.95. The van der Waals surface area contributed by atoms with Crippen LogP contribution in [0.5, 0.6) is 5.75 Å². The molecular formula is C38H46N2O3S. The number of benzene rings is 4. The maximum atomic E-state index is 14.3. The summed E-state index contributed by atoms with van der Waals surface area (Å²) in [5.74, 6) is 0.389. The van der Waals surface area contributed by atoms with E-state index < -0.39 is 15.6 Å². The Balaban J connectivity index is 1.58. The summed E-state index contributed by atoms with van der Waals surface area (Å²) in [5, 5.41) is 0. The molecule has 5 rings (SSSR count). The van der Waals surface area contributed by atoms with Gasteiger partial charge in [-0.3, -0.25) is 4.90 Å². The fourth-order valence-electron chi connectivity index (χ4n) is 6.90. The number of para-hydroxylation sites is 1. The Hall–Kier alpha value is -3.45. The van der Waals surface area contributed by atoms with Gasteiger partial charge in [0, 0.05) is 25.7 Å². The van der Waals surface area contributed by atoms with E-state index >= 15 is 0 Å². The zero-order valence-corrected chi connectivity index (χ0v) is 27.0. The first kappa shape index (κ1) is 32.0. The SMILES string of the molecule is CCCCCCCCC1CN(C(c2ccccc2)(c2ccccc2)c2ccccc2)CCN1S(=O)(=O)c1ccccc1OC. The molecule has 4 aromatic carbocycles. The summed E-state index contributed by atoms with van der Waals surface area (Å²) in [6.45, 7) is 3.83. The Kier molecular flexibility index (Phi) is 10.9. The number of rotatable bonds is 14. The molecular weight excluding hydrogens is 564 g/mol. The maximum Gasteiger partial charge on any atom is 0.247 e. The van der Waals surface area contributed by atoms with Gasteiger partial charge in [0.05, 0.1) is 12.6 Å². The van der Waals surface area contributed by atoms with E-state index in [1.54, 1.807) is 22.5 Å². The third kappa shape index (κ3) is 6.63. The van der Waals surface area contributed by atoms with Gasteiger partial charge in [-0.15, -0.1) is 0 Å². The summed E-state index contributed by atoms with van der Waals surface area (Å²) >= 11 is 0. The van der Waals surface area contributed by atoms with Gasteiger partial charge in [0.2, 0.25) is 10.0 Å². The molecule has 0 aliphatic carbocycles. The number of methoxy groups -OCH3 is 1. The highest BCUT2D eigenvalue weighted by atomic mass is 32.2. The number of unbranched alkanes of at least 4 members (excludes halogenated alkanes) is 5. The predicted octanol–water partition coefficient (Wildman–Crippen LogP) is 8.11. The molecule has 1 unspecified atom stereocenters. The summed E-state index contributed by atoms with van der Waals surface area (Å²) < 4.78 is 36.0. The van der Waals surface area contributed by atoms with Gasteiger partial charge < -0.3 is 4.74 Å². The molecule has 6 heteroatoms. The maximum absolute atomic E-state index is 14.3. The molecule has 4 aromatic rings. The van der Waals surface area contributed by atoms with Gasteiger partial charge in [0.1, 0.15) is 10.6 Å². The smallest absolute Gasteiger partial charge is 0.247 e. The zero-order valence-electron chi connectivity index (χ0n) is 26.1.